The lowest BCUT2D eigenvalue weighted by atomic mass is 10.1. The van der Waals surface area contributed by atoms with Crippen LogP contribution in [0.15, 0.2) is 42.5 Å². The normalized spacial score (nSPS) is 11.3. The number of amides is 1. The molecule has 1 unspecified atom stereocenters. The number of anilines is 1. The molecule has 5 heteroatoms. The highest BCUT2D eigenvalue weighted by molar-refractivity contribution is 5.93. The quantitative estimate of drug-likeness (QED) is 0.833. The number of benzene rings is 2. The first-order valence-electron chi connectivity index (χ1n) is 7.79. The third-order valence-corrected chi connectivity index (χ3v) is 3.74. The minimum absolute atomic E-state index is 0. The maximum Gasteiger partial charge on any atom is 0.228 e. The predicted molar refractivity (Wildman–Crippen MR) is 101 cm³/mol. The monoisotopic (exact) mass is 348 g/mol. The molecular formula is C19H25ClN2O2. The molecule has 0 heterocycles. The van der Waals surface area contributed by atoms with Crippen molar-refractivity contribution in [1.82, 2.24) is 0 Å². The minimum Gasteiger partial charge on any atom is -0.489 e. The first-order valence-corrected chi connectivity index (χ1v) is 7.79. The number of hydrogen-bond acceptors (Lipinski definition) is 3. The van der Waals surface area contributed by atoms with Gasteiger partial charge < -0.3 is 15.8 Å². The molecule has 1 amide bonds. The molecular weight excluding hydrogens is 324 g/mol. The zero-order chi connectivity index (χ0) is 16.8. The first-order chi connectivity index (χ1) is 11.0. The van der Waals surface area contributed by atoms with Gasteiger partial charge in [-0.2, -0.15) is 0 Å². The molecule has 0 aliphatic heterocycles. The molecule has 0 aliphatic carbocycles. The second-order valence-electron chi connectivity index (χ2n) is 5.88. The van der Waals surface area contributed by atoms with Crippen molar-refractivity contribution in [3.63, 3.8) is 0 Å². The molecule has 2 aromatic carbocycles. The molecule has 130 valence electrons. The molecule has 24 heavy (non-hydrogen) atoms. The summed E-state index contributed by atoms with van der Waals surface area (Å²) in [5.74, 6) is 0.518. The molecule has 4 nitrogen and oxygen atoms in total. The van der Waals surface area contributed by atoms with Gasteiger partial charge >= 0.3 is 0 Å². The number of nitrogens with one attached hydrogen (secondary N) is 1. The molecule has 0 saturated carbocycles. The molecule has 0 fully saturated rings. The highest BCUT2D eigenvalue weighted by atomic mass is 35.5. The van der Waals surface area contributed by atoms with Gasteiger partial charge in [0.25, 0.3) is 0 Å². The fraction of sp³-hybridized carbons (Fsp3) is 0.316. The Labute approximate surface area is 149 Å². The van der Waals surface area contributed by atoms with E-state index in [1.807, 2.05) is 44.2 Å². The van der Waals surface area contributed by atoms with Gasteiger partial charge in [-0.25, -0.2) is 0 Å². The van der Waals surface area contributed by atoms with Crippen LogP contribution in [0.2, 0.25) is 0 Å². The van der Waals surface area contributed by atoms with Crippen LogP contribution in [0.25, 0.3) is 0 Å². The van der Waals surface area contributed by atoms with Crippen LogP contribution in [-0.4, -0.2) is 12.5 Å². The zero-order valence-electron chi connectivity index (χ0n) is 14.3. The van der Waals surface area contributed by atoms with E-state index in [1.165, 1.54) is 5.56 Å². The Hall–Kier alpha value is -2.04. The predicted octanol–water partition coefficient (Wildman–Crippen LogP) is 3.84. The van der Waals surface area contributed by atoms with Crippen molar-refractivity contribution in [2.75, 3.05) is 11.9 Å². The van der Waals surface area contributed by atoms with E-state index < -0.39 is 0 Å². The van der Waals surface area contributed by atoms with Gasteiger partial charge in [0.15, 0.2) is 0 Å². The van der Waals surface area contributed by atoms with E-state index in [2.05, 4.69) is 24.4 Å². The summed E-state index contributed by atoms with van der Waals surface area (Å²) in [4.78, 5) is 11.9. The summed E-state index contributed by atoms with van der Waals surface area (Å²) in [6.45, 7) is 6.68. The van der Waals surface area contributed by atoms with E-state index in [0.29, 0.717) is 13.2 Å². The van der Waals surface area contributed by atoms with Crippen LogP contribution in [0.4, 0.5) is 5.69 Å². The van der Waals surface area contributed by atoms with E-state index in [4.69, 9.17) is 10.5 Å². The van der Waals surface area contributed by atoms with Crippen LogP contribution >= 0.6 is 12.4 Å². The summed E-state index contributed by atoms with van der Waals surface area (Å²) in [6.07, 6.45) is 0. The fourth-order valence-corrected chi connectivity index (χ4v) is 2.20. The summed E-state index contributed by atoms with van der Waals surface area (Å²) in [6, 6.07) is 13.9. The molecule has 0 aliphatic rings. The van der Waals surface area contributed by atoms with Crippen LogP contribution in [0, 0.1) is 19.8 Å². The average molecular weight is 349 g/mol. The zero-order valence-corrected chi connectivity index (χ0v) is 15.2. The Kier molecular flexibility index (Phi) is 7.75. The fourth-order valence-electron chi connectivity index (χ4n) is 2.20. The number of carbonyl (C=O) groups is 1. The van der Waals surface area contributed by atoms with Crippen LogP contribution in [0.5, 0.6) is 5.75 Å². The first kappa shape index (κ1) is 20.0. The average Bonchev–Trinajstić information content (AvgIpc) is 2.54. The molecule has 0 aromatic heterocycles. The lowest BCUT2D eigenvalue weighted by Gasteiger charge is -2.14. The molecule has 2 rings (SSSR count). The number of ether oxygens (including phenoxy) is 1. The van der Waals surface area contributed by atoms with Crippen LogP contribution in [0.3, 0.4) is 0 Å². The number of nitrogens with two attached hydrogens (primary N) is 1. The second kappa shape index (κ2) is 9.30. The Morgan fingerprint density at radius 2 is 1.96 bits per heavy atom. The van der Waals surface area contributed by atoms with E-state index in [0.717, 1.165) is 22.6 Å². The SMILES string of the molecule is Cc1cccc(COc2ccc(NC(=O)C(C)CN)c(C)c2)c1.Cl. The van der Waals surface area contributed by atoms with Crippen molar-refractivity contribution in [2.24, 2.45) is 11.7 Å². The number of rotatable bonds is 6. The molecule has 2 aromatic rings. The number of aryl methyl sites for hydroxylation is 2. The van der Waals surface area contributed by atoms with E-state index in [9.17, 15) is 4.79 Å². The van der Waals surface area contributed by atoms with Gasteiger partial charge in [-0.15, -0.1) is 12.4 Å². The summed E-state index contributed by atoms with van der Waals surface area (Å²) in [7, 11) is 0. The Morgan fingerprint density at radius 1 is 1.21 bits per heavy atom. The van der Waals surface area contributed by atoms with Gasteiger partial charge in [0.05, 0.1) is 0 Å². The third-order valence-electron chi connectivity index (χ3n) is 3.74. The number of halogens is 1. The van der Waals surface area contributed by atoms with Crippen LogP contribution < -0.4 is 15.8 Å². The molecule has 0 spiro atoms. The van der Waals surface area contributed by atoms with Crippen molar-refractivity contribution >= 4 is 24.0 Å². The highest BCUT2D eigenvalue weighted by Gasteiger charge is 2.12. The summed E-state index contributed by atoms with van der Waals surface area (Å²) in [5.41, 5.74) is 9.62. The second-order valence-corrected chi connectivity index (χ2v) is 5.88. The highest BCUT2D eigenvalue weighted by Crippen LogP contribution is 2.22. The molecule has 0 saturated heterocycles. The molecule has 3 N–H and O–H groups in total. The Morgan fingerprint density at radius 3 is 2.58 bits per heavy atom. The summed E-state index contributed by atoms with van der Waals surface area (Å²) < 4.78 is 5.82. The van der Waals surface area contributed by atoms with Gasteiger partial charge in [0.2, 0.25) is 5.91 Å². The smallest absolute Gasteiger partial charge is 0.228 e. The third kappa shape index (κ3) is 5.55. The molecule has 1 atom stereocenters. The minimum atomic E-state index is -0.202. The van der Waals surface area contributed by atoms with E-state index in [1.54, 1.807) is 0 Å². The van der Waals surface area contributed by atoms with Crippen molar-refractivity contribution in [3.05, 3.63) is 59.2 Å². The molecule has 0 bridgehead atoms. The van der Waals surface area contributed by atoms with Crippen molar-refractivity contribution < 1.29 is 9.53 Å². The van der Waals surface area contributed by atoms with Crippen molar-refractivity contribution in [2.45, 2.75) is 27.4 Å². The summed E-state index contributed by atoms with van der Waals surface area (Å²) >= 11 is 0. The van der Waals surface area contributed by atoms with Crippen LogP contribution in [-0.2, 0) is 11.4 Å². The van der Waals surface area contributed by atoms with E-state index in [-0.39, 0.29) is 24.2 Å². The van der Waals surface area contributed by atoms with Crippen LogP contribution in [0.1, 0.15) is 23.6 Å². The van der Waals surface area contributed by atoms with Gasteiger partial charge in [-0.3, -0.25) is 4.79 Å². The van der Waals surface area contributed by atoms with Gasteiger partial charge in [0.1, 0.15) is 12.4 Å². The lowest BCUT2D eigenvalue weighted by molar-refractivity contribution is -0.119. The topological polar surface area (TPSA) is 64.3 Å². The maximum absolute atomic E-state index is 11.9. The number of carbonyl (C=O) groups excluding carboxylic acids is 1. The largest absolute Gasteiger partial charge is 0.489 e. The van der Waals surface area contributed by atoms with E-state index >= 15 is 0 Å². The molecule has 0 radical (unpaired) electrons. The Balaban J connectivity index is 0.00000288. The standard InChI is InChI=1S/C19H24N2O2.ClH/c1-13-5-4-6-16(9-13)12-23-17-7-8-18(14(2)10-17)21-19(22)15(3)11-20;/h4-10,15H,11-12,20H2,1-3H3,(H,21,22);1H. The number of hydrogen-bond donors (Lipinski definition) is 2. The van der Waals surface area contributed by atoms with Gasteiger partial charge in [-0.05, 0) is 43.2 Å². The Bertz CT molecular complexity index is 689. The lowest BCUT2D eigenvalue weighted by Crippen LogP contribution is -2.26. The van der Waals surface area contributed by atoms with Gasteiger partial charge in [-0.1, -0.05) is 36.8 Å². The van der Waals surface area contributed by atoms with Gasteiger partial charge in [0, 0.05) is 18.2 Å². The maximum atomic E-state index is 11.9. The summed E-state index contributed by atoms with van der Waals surface area (Å²) in [5, 5.41) is 2.89. The van der Waals surface area contributed by atoms with Crippen molar-refractivity contribution in [3.8, 4) is 5.75 Å². The van der Waals surface area contributed by atoms with Crippen molar-refractivity contribution in [1.29, 1.82) is 0 Å².